The van der Waals surface area contributed by atoms with E-state index in [1.807, 2.05) is 0 Å². The van der Waals surface area contributed by atoms with Crippen LogP contribution in [0.4, 0.5) is 0 Å². The van der Waals surface area contributed by atoms with Crippen molar-refractivity contribution >= 4 is 0 Å². The van der Waals surface area contributed by atoms with Crippen LogP contribution < -0.4 is 0 Å². The van der Waals surface area contributed by atoms with Crippen LogP contribution in [0.15, 0.2) is 60.7 Å². The fourth-order valence-electron chi connectivity index (χ4n) is 7.37. The minimum atomic E-state index is -0.333. The van der Waals surface area contributed by atoms with Crippen LogP contribution in [0.1, 0.15) is 93.5 Å². The maximum Gasteiger partial charge on any atom is 0.0723 e. The smallest absolute Gasteiger partial charge is 0.0651 e. The summed E-state index contributed by atoms with van der Waals surface area (Å²) < 4.78 is 0. The normalized spacial score (nSPS) is 13.5. The zero-order valence-corrected chi connectivity index (χ0v) is 24.1. The van der Waals surface area contributed by atoms with Crippen molar-refractivity contribution in [2.45, 2.75) is 86.5 Å². The van der Waals surface area contributed by atoms with E-state index in [0.717, 1.165) is 12.8 Å². The summed E-state index contributed by atoms with van der Waals surface area (Å²) in [5.41, 5.74) is 19.4. The molecule has 0 spiro atoms. The average molecular weight is 487 g/mol. The fourth-order valence-corrected chi connectivity index (χ4v) is 7.37. The van der Waals surface area contributed by atoms with Crippen molar-refractivity contribution in [1.82, 2.24) is 0 Å². The third-order valence-corrected chi connectivity index (χ3v) is 8.46. The standard InChI is InChI=1S/C37H42/c1-9-11-29-19-25(5)35(26(6)20-29)37(36-27(7)21-30(12-10-2)22-28(36)8)33-17-23(3)13-15-31(33)32-16-14-24(4)18-34(32)37/h13-22H,9-12H2,1-8H3. The summed E-state index contributed by atoms with van der Waals surface area (Å²) in [4.78, 5) is 0. The number of hydrogen-bond donors (Lipinski definition) is 0. The first-order chi connectivity index (χ1) is 17.7. The molecule has 0 radical (unpaired) electrons. The first-order valence-corrected chi connectivity index (χ1v) is 14.2. The monoisotopic (exact) mass is 486 g/mol. The van der Waals surface area contributed by atoms with E-state index < -0.39 is 0 Å². The number of hydrogen-bond acceptors (Lipinski definition) is 0. The summed E-state index contributed by atoms with van der Waals surface area (Å²) in [6.07, 6.45) is 4.60. The van der Waals surface area contributed by atoms with Gasteiger partial charge in [-0.3, -0.25) is 0 Å². The van der Waals surface area contributed by atoms with Crippen LogP contribution in [0.3, 0.4) is 0 Å². The van der Waals surface area contributed by atoms with Crippen molar-refractivity contribution in [2.75, 3.05) is 0 Å². The molecule has 0 unspecified atom stereocenters. The second kappa shape index (κ2) is 9.64. The van der Waals surface area contributed by atoms with Gasteiger partial charge in [0.15, 0.2) is 0 Å². The van der Waals surface area contributed by atoms with Gasteiger partial charge in [0.1, 0.15) is 0 Å². The molecule has 5 rings (SSSR count). The highest BCUT2D eigenvalue weighted by Gasteiger charge is 2.49. The Kier molecular flexibility index (Phi) is 6.65. The Morgan fingerprint density at radius 3 is 1.16 bits per heavy atom. The van der Waals surface area contributed by atoms with Crippen molar-refractivity contribution in [1.29, 1.82) is 0 Å². The lowest BCUT2D eigenvalue weighted by Gasteiger charge is -2.39. The van der Waals surface area contributed by atoms with Gasteiger partial charge in [0.25, 0.3) is 0 Å². The Balaban J connectivity index is 2.00. The maximum absolute atomic E-state index is 2.47. The maximum atomic E-state index is 2.47. The minimum Gasteiger partial charge on any atom is -0.0651 e. The molecule has 0 aromatic heterocycles. The first kappa shape index (κ1) is 25.5. The first-order valence-electron chi connectivity index (χ1n) is 14.2. The fraction of sp³-hybridized carbons (Fsp3) is 0.351. The van der Waals surface area contributed by atoms with E-state index in [1.54, 1.807) is 0 Å². The van der Waals surface area contributed by atoms with Crippen LogP contribution in [-0.4, -0.2) is 0 Å². The molecule has 4 aromatic carbocycles. The van der Waals surface area contributed by atoms with Crippen LogP contribution in [0.5, 0.6) is 0 Å². The molecule has 190 valence electrons. The second-order valence-electron chi connectivity index (χ2n) is 11.6. The Bertz CT molecular complexity index is 1340. The van der Waals surface area contributed by atoms with E-state index in [1.165, 1.54) is 90.7 Å². The van der Waals surface area contributed by atoms with Gasteiger partial charge in [-0.2, -0.15) is 0 Å². The second-order valence-corrected chi connectivity index (χ2v) is 11.6. The summed E-state index contributed by atoms with van der Waals surface area (Å²) in [6, 6.07) is 24.1. The van der Waals surface area contributed by atoms with Crippen LogP contribution >= 0.6 is 0 Å². The number of rotatable bonds is 6. The summed E-state index contributed by atoms with van der Waals surface area (Å²) in [7, 11) is 0. The molecule has 0 amide bonds. The largest absolute Gasteiger partial charge is 0.0723 e. The van der Waals surface area contributed by atoms with Gasteiger partial charge in [-0.15, -0.1) is 0 Å². The van der Waals surface area contributed by atoms with Gasteiger partial charge in [-0.25, -0.2) is 0 Å². The minimum absolute atomic E-state index is 0.333. The van der Waals surface area contributed by atoms with E-state index in [0.29, 0.717) is 0 Å². The van der Waals surface area contributed by atoms with E-state index in [4.69, 9.17) is 0 Å². The molecule has 37 heavy (non-hydrogen) atoms. The molecule has 1 aliphatic carbocycles. The highest BCUT2D eigenvalue weighted by Crippen LogP contribution is 2.59. The Hall–Kier alpha value is -3.12. The predicted octanol–water partition coefficient (Wildman–Crippen LogP) is 9.81. The average Bonchev–Trinajstić information content (AvgIpc) is 3.08. The number of fused-ring (bicyclic) bond motifs is 3. The molecular formula is C37H42. The topological polar surface area (TPSA) is 0 Å². The molecule has 0 bridgehead atoms. The molecule has 0 nitrogen and oxygen atoms in total. The summed E-state index contributed by atoms with van der Waals surface area (Å²) in [5, 5.41) is 0. The Labute approximate surface area is 224 Å². The molecule has 1 aliphatic rings. The van der Waals surface area contributed by atoms with Gasteiger partial charge < -0.3 is 0 Å². The van der Waals surface area contributed by atoms with Crippen molar-refractivity contribution < 1.29 is 0 Å². The molecule has 0 N–H and O–H groups in total. The SMILES string of the molecule is CCCc1cc(C)c(C2(c3c(C)cc(CCC)cc3C)c3cc(C)ccc3-c3ccc(C)cc32)c(C)c1. The van der Waals surface area contributed by atoms with Gasteiger partial charge in [-0.1, -0.05) is 98.5 Å². The predicted molar refractivity (Wildman–Crippen MR) is 160 cm³/mol. The van der Waals surface area contributed by atoms with Crippen LogP contribution in [0.25, 0.3) is 11.1 Å². The lowest BCUT2D eigenvalue weighted by atomic mass is 9.62. The Morgan fingerprint density at radius 2 is 0.838 bits per heavy atom. The van der Waals surface area contributed by atoms with E-state index >= 15 is 0 Å². The van der Waals surface area contributed by atoms with E-state index in [2.05, 4.69) is 116 Å². The van der Waals surface area contributed by atoms with E-state index in [9.17, 15) is 0 Å². The molecule has 0 saturated heterocycles. The highest BCUT2D eigenvalue weighted by atomic mass is 14.5. The molecule has 0 saturated carbocycles. The van der Waals surface area contributed by atoms with Gasteiger partial charge in [0.05, 0.1) is 5.41 Å². The lowest BCUT2D eigenvalue weighted by Crippen LogP contribution is -2.33. The molecule has 0 atom stereocenters. The summed E-state index contributed by atoms with van der Waals surface area (Å²) >= 11 is 0. The van der Waals surface area contributed by atoms with Crippen LogP contribution in [-0.2, 0) is 18.3 Å². The zero-order chi connectivity index (χ0) is 26.5. The molecule has 4 aromatic rings. The van der Waals surface area contributed by atoms with Crippen LogP contribution in [0.2, 0.25) is 0 Å². The van der Waals surface area contributed by atoms with Gasteiger partial charge in [-0.05, 0) is 121 Å². The summed E-state index contributed by atoms with van der Waals surface area (Å²) in [5.74, 6) is 0. The summed E-state index contributed by atoms with van der Waals surface area (Å²) in [6.45, 7) is 18.4. The van der Waals surface area contributed by atoms with Crippen molar-refractivity contribution in [3.63, 3.8) is 0 Å². The van der Waals surface area contributed by atoms with Crippen molar-refractivity contribution in [3.8, 4) is 11.1 Å². The third kappa shape index (κ3) is 3.97. The van der Waals surface area contributed by atoms with Gasteiger partial charge in [0, 0.05) is 0 Å². The van der Waals surface area contributed by atoms with Gasteiger partial charge >= 0.3 is 0 Å². The quantitative estimate of drug-likeness (QED) is 0.224. The number of aryl methyl sites for hydroxylation is 8. The number of benzene rings is 4. The molecular weight excluding hydrogens is 444 g/mol. The van der Waals surface area contributed by atoms with Crippen molar-refractivity contribution in [2.24, 2.45) is 0 Å². The highest BCUT2D eigenvalue weighted by molar-refractivity contribution is 5.88. The third-order valence-electron chi connectivity index (χ3n) is 8.46. The zero-order valence-electron chi connectivity index (χ0n) is 24.1. The molecule has 0 aliphatic heterocycles. The van der Waals surface area contributed by atoms with Crippen molar-refractivity contribution in [3.05, 3.63) is 127 Å². The van der Waals surface area contributed by atoms with Gasteiger partial charge in [0.2, 0.25) is 0 Å². The molecule has 0 heteroatoms. The Morgan fingerprint density at radius 1 is 0.486 bits per heavy atom. The lowest BCUT2D eigenvalue weighted by molar-refractivity contribution is 0.734. The van der Waals surface area contributed by atoms with Crippen LogP contribution in [0, 0.1) is 41.5 Å². The van der Waals surface area contributed by atoms with E-state index in [-0.39, 0.29) is 5.41 Å². The molecule has 0 fully saturated rings. The molecule has 0 heterocycles.